The van der Waals surface area contributed by atoms with E-state index in [1.165, 1.54) is 18.0 Å². The van der Waals surface area contributed by atoms with E-state index in [1.807, 2.05) is 18.2 Å². The van der Waals surface area contributed by atoms with Crippen molar-refractivity contribution >= 4 is 17.3 Å². The quantitative estimate of drug-likeness (QED) is 0.709. The summed E-state index contributed by atoms with van der Waals surface area (Å²) < 4.78 is 13.7. The predicted octanol–water partition coefficient (Wildman–Crippen LogP) is 4.69. The van der Waals surface area contributed by atoms with Crippen molar-refractivity contribution in [3.05, 3.63) is 77.9 Å². The molecule has 0 radical (unpaired) electrons. The molecule has 0 saturated heterocycles. The maximum atomic E-state index is 13.7. The maximum absolute atomic E-state index is 13.7. The van der Waals surface area contributed by atoms with Gasteiger partial charge < -0.3 is 10.2 Å². The molecular weight excluding hydrogens is 315 g/mol. The average molecular weight is 336 g/mol. The predicted molar refractivity (Wildman–Crippen MR) is 99.6 cm³/mol. The summed E-state index contributed by atoms with van der Waals surface area (Å²) in [6, 6.07) is 16.9. The second-order valence-corrected chi connectivity index (χ2v) is 5.79. The third kappa shape index (κ3) is 4.12. The van der Waals surface area contributed by atoms with Gasteiger partial charge in [0, 0.05) is 30.4 Å². The van der Waals surface area contributed by atoms with Gasteiger partial charge in [-0.1, -0.05) is 30.3 Å². The van der Waals surface area contributed by atoms with Crippen LogP contribution < -0.4 is 10.2 Å². The van der Waals surface area contributed by atoms with Gasteiger partial charge in [0.2, 0.25) is 0 Å². The molecule has 0 unspecified atom stereocenters. The van der Waals surface area contributed by atoms with E-state index in [2.05, 4.69) is 52.2 Å². The summed E-state index contributed by atoms with van der Waals surface area (Å²) in [5.74, 6) is 1.25. The number of halogens is 1. The van der Waals surface area contributed by atoms with Crippen molar-refractivity contribution in [1.82, 2.24) is 9.97 Å². The molecule has 3 aromatic rings. The molecule has 1 N–H and O–H groups in total. The molecular formula is C20H21FN4. The molecule has 5 heteroatoms. The number of rotatable bonds is 6. The summed E-state index contributed by atoms with van der Waals surface area (Å²) in [6.45, 7) is 5.31. The summed E-state index contributed by atoms with van der Waals surface area (Å²) in [4.78, 5) is 10.7. The van der Waals surface area contributed by atoms with Gasteiger partial charge in [0.25, 0.3) is 0 Å². The number of anilines is 3. The molecule has 0 aliphatic heterocycles. The highest BCUT2D eigenvalue weighted by atomic mass is 19.1. The molecule has 0 saturated carbocycles. The molecule has 0 amide bonds. The highest BCUT2D eigenvalue weighted by Crippen LogP contribution is 2.25. The van der Waals surface area contributed by atoms with Gasteiger partial charge in [-0.3, -0.25) is 0 Å². The van der Waals surface area contributed by atoms with Gasteiger partial charge in [-0.15, -0.1) is 0 Å². The summed E-state index contributed by atoms with van der Waals surface area (Å²) in [7, 11) is 0. The minimum Gasteiger partial charge on any atom is -0.366 e. The highest BCUT2D eigenvalue weighted by Gasteiger charge is 2.10. The topological polar surface area (TPSA) is 41.0 Å². The van der Waals surface area contributed by atoms with Crippen molar-refractivity contribution in [2.45, 2.75) is 20.4 Å². The first-order valence-corrected chi connectivity index (χ1v) is 8.31. The third-order valence-corrected chi connectivity index (χ3v) is 3.98. The Labute approximate surface area is 147 Å². The lowest BCUT2D eigenvalue weighted by atomic mass is 10.2. The fourth-order valence-electron chi connectivity index (χ4n) is 2.69. The van der Waals surface area contributed by atoms with Crippen LogP contribution in [0, 0.1) is 12.7 Å². The SMILES string of the molecule is CCN(c1cccc(C)c1)c1cc(NCc2ccccc2F)ncn1. The second-order valence-electron chi connectivity index (χ2n) is 5.79. The first kappa shape index (κ1) is 16.9. The van der Waals surface area contributed by atoms with E-state index in [0.29, 0.717) is 17.9 Å². The Bertz CT molecular complexity index is 850. The number of hydrogen-bond donors (Lipinski definition) is 1. The second kappa shape index (κ2) is 7.75. The monoisotopic (exact) mass is 336 g/mol. The van der Waals surface area contributed by atoms with Crippen molar-refractivity contribution in [1.29, 1.82) is 0 Å². The fraction of sp³-hybridized carbons (Fsp3) is 0.200. The zero-order valence-corrected chi connectivity index (χ0v) is 14.4. The number of aromatic nitrogens is 2. The number of benzene rings is 2. The van der Waals surface area contributed by atoms with E-state index in [4.69, 9.17) is 0 Å². The first-order valence-electron chi connectivity index (χ1n) is 8.31. The Kier molecular flexibility index (Phi) is 5.23. The largest absolute Gasteiger partial charge is 0.366 e. The van der Waals surface area contributed by atoms with Crippen molar-refractivity contribution in [2.24, 2.45) is 0 Å². The lowest BCUT2D eigenvalue weighted by molar-refractivity contribution is 0.613. The van der Waals surface area contributed by atoms with Crippen LogP contribution in [0.4, 0.5) is 21.7 Å². The van der Waals surface area contributed by atoms with Crippen molar-refractivity contribution in [2.75, 3.05) is 16.8 Å². The molecule has 1 heterocycles. The van der Waals surface area contributed by atoms with Crippen LogP contribution in [-0.4, -0.2) is 16.5 Å². The Morgan fingerprint density at radius 2 is 1.88 bits per heavy atom. The van der Waals surface area contributed by atoms with Gasteiger partial charge >= 0.3 is 0 Å². The molecule has 0 fully saturated rings. The van der Waals surface area contributed by atoms with Crippen LogP contribution in [0.15, 0.2) is 60.9 Å². The summed E-state index contributed by atoms with van der Waals surface area (Å²) in [6.07, 6.45) is 1.53. The number of aryl methyl sites for hydroxylation is 1. The van der Waals surface area contributed by atoms with E-state index < -0.39 is 0 Å². The molecule has 128 valence electrons. The van der Waals surface area contributed by atoms with E-state index in [1.54, 1.807) is 12.1 Å². The summed E-state index contributed by atoms with van der Waals surface area (Å²) >= 11 is 0. The maximum Gasteiger partial charge on any atom is 0.138 e. The Hall–Kier alpha value is -2.95. The van der Waals surface area contributed by atoms with Crippen LogP contribution in [0.2, 0.25) is 0 Å². The van der Waals surface area contributed by atoms with Crippen LogP contribution in [-0.2, 0) is 6.54 Å². The van der Waals surface area contributed by atoms with Crippen LogP contribution in [0.3, 0.4) is 0 Å². The Morgan fingerprint density at radius 3 is 2.64 bits per heavy atom. The number of hydrogen-bond acceptors (Lipinski definition) is 4. The number of nitrogens with zero attached hydrogens (tertiary/aromatic N) is 3. The molecule has 0 spiro atoms. The van der Waals surface area contributed by atoms with Gasteiger partial charge in [-0.25, -0.2) is 14.4 Å². The molecule has 2 aromatic carbocycles. The highest BCUT2D eigenvalue weighted by molar-refractivity contribution is 5.62. The van der Waals surface area contributed by atoms with Gasteiger partial charge in [0.1, 0.15) is 23.8 Å². The molecule has 1 aromatic heterocycles. The van der Waals surface area contributed by atoms with Crippen LogP contribution >= 0.6 is 0 Å². The minimum absolute atomic E-state index is 0.223. The Morgan fingerprint density at radius 1 is 1.04 bits per heavy atom. The van der Waals surface area contributed by atoms with Crippen LogP contribution in [0.25, 0.3) is 0 Å². The van der Waals surface area contributed by atoms with E-state index in [-0.39, 0.29) is 5.82 Å². The first-order chi connectivity index (χ1) is 12.2. The van der Waals surface area contributed by atoms with Gasteiger partial charge in [0.15, 0.2) is 0 Å². The van der Waals surface area contributed by atoms with Crippen molar-refractivity contribution < 1.29 is 4.39 Å². The molecule has 4 nitrogen and oxygen atoms in total. The average Bonchev–Trinajstić information content (AvgIpc) is 2.62. The molecule has 0 aliphatic carbocycles. The van der Waals surface area contributed by atoms with Crippen molar-refractivity contribution in [3.8, 4) is 0 Å². The smallest absolute Gasteiger partial charge is 0.138 e. The Balaban J connectivity index is 1.79. The normalized spacial score (nSPS) is 10.5. The molecule has 0 aliphatic rings. The molecule has 3 rings (SSSR count). The fourth-order valence-corrected chi connectivity index (χ4v) is 2.69. The zero-order valence-electron chi connectivity index (χ0n) is 14.4. The third-order valence-electron chi connectivity index (χ3n) is 3.98. The van der Waals surface area contributed by atoms with E-state index in [9.17, 15) is 4.39 Å². The van der Waals surface area contributed by atoms with Crippen molar-refractivity contribution in [3.63, 3.8) is 0 Å². The van der Waals surface area contributed by atoms with E-state index in [0.717, 1.165) is 18.1 Å². The van der Waals surface area contributed by atoms with Crippen LogP contribution in [0.5, 0.6) is 0 Å². The molecule has 0 bridgehead atoms. The lowest BCUT2D eigenvalue weighted by Crippen LogP contribution is -2.18. The van der Waals surface area contributed by atoms with Crippen LogP contribution in [0.1, 0.15) is 18.1 Å². The number of nitrogens with one attached hydrogen (secondary N) is 1. The van der Waals surface area contributed by atoms with Gasteiger partial charge in [-0.05, 0) is 37.6 Å². The zero-order chi connectivity index (χ0) is 17.6. The lowest BCUT2D eigenvalue weighted by Gasteiger charge is -2.22. The summed E-state index contributed by atoms with van der Waals surface area (Å²) in [5, 5.41) is 3.17. The molecule has 25 heavy (non-hydrogen) atoms. The summed E-state index contributed by atoms with van der Waals surface area (Å²) in [5.41, 5.74) is 2.89. The van der Waals surface area contributed by atoms with E-state index >= 15 is 0 Å². The minimum atomic E-state index is -0.223. The standard InChI is InChI=1S/C20H21FN4/c1-3-25(17-9-6-7-15(2)11-17)20-12-19(23-14-24-20)22-13-16-8-4-5-10-18(16)21/h4-12,14H,3,13H2,1-2H3,(H,22,23,24). The molecule has 0 atom stereocenters. The van der Waals surface area contributed by atoms with Gasteiger partial charge in [-0.2, -0.15) is 0 Å². The van der Waals surface area contributed by atoms with Gasteiger partial charge in [0.05, 0.1) is 0 Å².